The van der Waals surface area contributed by atoms with E-state index >= 15 is 0 Å². The van der Waals surface area contributed by atoms with Gasteiger partial charge in [0, 0.05) is 28.8 Å². The highest BCUT2D eigenvalue weighted by Gasteiger charge is 2.25. The maximum Gasteiger partial charge on any atom is 0.272 e. The van der Waals surface area contributed by atoms with E-state index in [-0.39, 0.29) is 11.7 Å². The van der Waals surface area contributed by atoms with E-state index in [1.807, 2.05) is 20.8 Å². The number of ether oxygens (including phenoxy) is 1. The van der Waals surface area contributed by atoms with Crippen LogP contribution in [0.1, 0.15) is 26.3 Å². The molecule has 1 aromatic heterocycles. The number of amides is 1. The second kappa shape index (κ2) is 7.10. The number of hydrogen-bond acceptors (Lipinski definition) is 4. The van der Waals surface area contributed by atoms with Crippen molar-refractivity contribution in [2.24, 2.45) is 0 Å². The quantitative estimate of drug-likeness (QED) is 0.681. The summed E-state index contributed by atoms with van der Waals surface area (Å²) >= 11 is 1.19. The van der Waals surface area contributed by atoms with Crippen molar-refractivity contribution in [3.8, 4) is 18.1 Å². The highest BCUT2D eigenvalue weighted by atomic mass is 32.2. The molecule has 1 atom stereocenters. The SMILES string of the molecule is C#Cc1cnc2cc(F)c(OC(SC)C(=O)NC(C)(C)C)cc2c1. The van der Waals surface area contributed by atoms with Crippen LogP contribution in [-0.2, 0) is 4.79 Å². The lowest BCUT2D eigenvalue weighted by Gasteiger charge is -2.24. The summed E-state index contributed by atoms with van der Waals surface area (Å²) in [5, 5.41) is 3.47. The molecule has 0 saturated carbocycles. The zero-order valence-corrected chi connectivity index (χ0v) is 14.8. The van der Waals surface area contributed by atoms with E-state index in [2.05, 4.69) is 16.2 Å². The summed E-state index contributed by atoms with van der Waals surface area (Å²) in [4.78, 5) is 16.4. The fourth-order valence-electron chi connectivity index (χ4n) is 2.05. The topological polar surface area (TPSA) is 51.2 Å². The molecule has 0 aliphatic rings. The monoisotopic (exact) mass is 346 g/mol. The minimum Gasteiger partial charge on any atom is -0.467 e. The van der Waals surface area contributed by atoms with Crippen molar-refractivity contribution < 1.29 is 13.9 Å². The standard InChI is InChI=1S/C18H19FN2O2S/c1-6-11-7-12-8-15(13(19)9-14(12)20-10-11)23-17(24-5)16(22)21-18(2,3)4/h1,7-10,17H,2-5H3,(H,21,22). The van der Waals surface area contributed by atoms with Crippen LogP contribution in [0.5, 0.6) is 5.75 Å². The Morgan fingerprint density at radius 3 is 2.71 bits per heavy atom. The maximum atomic E-state index is 14.3. The Hall–Kier alpha value is -2.26. The summed E-state index contributed by atoms with van der Waals surface area (Å²) in [6.45, 7) is 5.60. The molecule has 6 heteroatoms. The molecule has 1 heterocycles. The molecule has 1 N–H and O–H groups in total. The molecule has 1 amide bonds. The molecule has 0 saturated heterocycles. The van der Waals surface area contributed by atoms with Gasteiger partial charge in [0.2, 0.25) is 5.44 Å². The van der Waals surface area contributed by atoms with Gasteiger partial charge in [-0.3, -0.25) is 9.78 Å². The molecule has 0 spiro atoms. The van der Waals surface area contributed by atoms with Gasteiger partial charge in [-0.1, -0.05) is 5.92 Å². The summed E-state index contributed by atoms with van der Waals surface area (Å²) in [5.41, 5.74) is -0.201. The number of fused-ring (bicyclic) bond motifs is 1. The molecule has 2 aromatic rings. The highest BCUT2D eigenvalue weighted by molar-refractivity contribution is 7.99. The lowest BCUT2D eigenvalue weighted by molar-refractivity contribution is -0.125. The minimum atomic E-state index is -0.861. The van der Waals surface area contributed by atoms with Gasteiger partial charge in [0.05, 0.1) is 5.52 Å². The van der Waals surface area contributed by atoms with Gasteiger partial charge in [-0.2, -0.15) is 0 Å². The summed E-state index contributed by atoms with van der Waals surface area (Å²) < 4.78 is 19.8. The summed E-state index contributed by atoms with van der Waals surface area (Å²) in [6, 6.07) is 4.49. The molecule has 24 heavy (non-hydrogen) atoms. The van der Waals surface area contributed by atoms with Crippen LogP contribution >= 0.6 is 11.8 Å². The van der Waals surface area contributed by atoms with E-state index in [0.717, 1.165) is 0 Å². The summed E-state index contributed by atoms with van der Waals surface area (Å²) in [7, 11) is 0. The van der Waals surface area contributed by atoms with Gasteiger partial charge in [-0.25, -0.2) is 4.39 Å². The Morgan fingerprint density at radius 2 is 2.12 bits per heavy atom. The fraction of sp³-hybridized carbons (Fsp3) is 0.333. The van der Waals surface area contributed by atoms with Crippen LogP contribution in [0, 0.1) is 18.2 Å². The normalized spacial score (nSPS) is 12.5. The molecule has 0 aliphatic carbocycles. The second-order valence-corrected chi connectivity index (χ2v) is 7.17. The van der Waals surface area contributed by atoms with Gasteiger partial charge in [0.25, 0.3) is 5.91 Å². The number of nitrogens with zero attached hydrogens (tertiary/aromatic N) is 1. The molecular weight excluding hydrogens is 327 g/mol. The highest BCUT2D eigenvalue weighted by Crippen LogP contribution is 2.27. The van der Waals surface area contributed by atoms with Crippen molar-refractivity contribution in [1.29, 1.82) is 0 Å². The first-order valence-corrected chi connectivity index (χ1v) is 8.59. The molecule has 0 fully saturated rings. The van der Waals surface area contributed by atoms with Crippen LogP contribution in [0.3, 0.4) is 0 Å². The molecule has 1 unspecified atom stereocenters. The number of benzene rings is 1. The first kappa shape index (κ1) is 18.1. The summed E-state index contributed by atoms with van der Waals surface area (Å²) in [6.07, 6.45) is 8.59. The number of pyridine rings is 1. The molecule has 126 valence electrons. The third-order valence-corrected chi connectivity index (χ3v) is 3.80. The van der Waals surface area contributed by atoms with Crippen molar-refractivity contribution in [3.05, 3.63) is 35.8 Å². The number of nitrogens with one attached hydrogen (secondary N) is 1. The van der Waals surface area contributed by atoms with E-state index in [1.54, 1.807) is 12.3 Å². The average molecular weight is 346 g/mol. The lowest BCUT2D eigenvalue weighted by atomic mass is 10.1. The number of aromatic nitrogens is 1. The van der Waals surface area contributed by atoms with E-state index in [4.69, 9.17) is 11.2 Å². The van der Waals surface area contributed by atoms with Crippen molar-refractivity contribution in [3.63, 3.8) is 0 Å². The van der Waals surface area contributed by atoms with Crippen molar-refractivity contribution in [2.45, 2.75) is 31.7 Å². The Morgan fingerprint density at radius 1 is 1.42 bits per heavy atom. The number of hydrogen-bond donors (Lipinski definition) is 1. The van der Waals surface area contributed by atoms with Crippen LogP contribution in [-0.4, -0.2) is 28.1 Å². The molecular formula is C18H19FN2O2S. The van der Waals surface area contributed by atoms with Crippen LogP contribution in [0.4, 0.5) is 4.39 Å². The van der Waals surface area contributed by atoms with Crippen LogP contribution < -0.4 is 10.1 Å². The van der Waals surface area contributed by atoms with Crippen LogP contribution in [0.25, 0.3) is 10.9 Å². The number of carbonyl (C=O) groups is 1. The number of halogens is 1. The van der Waals surface area contributed by atoms with Gasteiger partial charge in [0.15, 0.2) is 11.6 Å². The predicted octanol–water partition coefficient (Wildman–Crippen LogP) is 3.34. The summed E-state index contributed by atoms with van der Waals surface area (Å²) in [5.74, 6) is 1.58. The smallest absolute Gasteiger partial charge is 0.272 e. The Labute approximate surface area is 145 Å². The fourth-order valence-corrected chi connectivity index (χ4v) is 2.52. The van der Waals surface area contributed by atoms with Gasteiger partial charge >= 0.3 is 0 Å². The van der Waals surface area contributed by atoms with Gasteiger partial charge in [0.1, 0.15) is 0 Å². The second-order valence-electron chi connectivity index (χ2n) is 6.27. The van der Waals surface area contributed by atoms with E-state index in [1.165, 1.54) is 30.1 Å². The maximum absolute atomic E-state index is 14.3. The number of thioether (sulfide) groups is 1. The first-order chi connectivity index (χ1) is 11.2. The Balaban J connectivity index is 2.31. The molecule has 0 bridgehead atoms. The Bertz CT molecular complexity index is 809. The van der Waals surface area contributed by atoms with Crippen LogP contribution in [0.15, 0.2) is 24.4 Å². The lowest BCUT2D eigenvalue weighted by Crippen LogP contribution is -2.46. The zero-order chi connectivity index (χ0) is 17.9. The predicted molar refractivity (Wildman–Crippen MR) is 95.5 cm³/mol. The van der Waals surface area contributed by atoms with E-state index < -0.39 is 16.8 Å². The van der Waals surface area contributed by atoms with Crippen molar-refractivity contribution in [2.75, 3.05) is 6.26 Å². The molecule has 1 aromatic carbocycles. The number of terminal acetylenes is 1. The molecule has 4 nitrogen and oxygen atoms in total. The molecule has 2 rings (SSSR count). The largest absolute Gasteiger partial charge is 0.467 e. The van der Waals surface area contributed by atoms with Crippen molar-refractivity contribution >= 4 is 28.6 Å². The minimum absolute atomic E-state index is 0.0121. The van der Waals surface area contributed by atoms with Gasteiger partial charge in [-0.05, 0) is 39.2 Å². The number of rotatable bonds is 4. The average Bonchev–Trinajstić information content (AvgIpc) is 2.50. The van der Waals surface area contributed by atoms with Crippen molar-refractivity contribution in [1.82, 2.24) is 10.3 Å². The van der Waals surface area contributed by atoms with Gasteiger partial charge < -0.3 is 10.1 Å². The molecule has 0 radical (unpaired) electrons. The third-order valence-electron chi connectivity index (χ3n) is 3.06. The van der Waals surface area contributed by atoms with Crippen LogP contribution in [0.2, 0.25) is 0 Å². The zero-order valence-electron chi connectivity index (χ0n) is 14.0. The van der Waals surface area contributed by atoms with Gasteiger partial charge in [-0.15, -0.1) is 18.2 Å². The Kier molecular flexibility index (Phi) is 5.35. The van der Waals surface area contributed by atoms with E-state index in [0.29, 0.717) is 16.5 Å². The molecule has 0 aliphatic heterocycles. The first-order valence-electron chi connectivity index (χ1n) is 7.31. The number of carbonyl (C=O) groups excluding carboxylic acids is 1. The third kappa shape index (κ3) is 4.39. The van der Waals surface area contributed by atoms with E-state index in [9.17, 15) is 9.18 Å².